The minimum absolute atomic E-state index is 0.0521. The number of methoxy groups -OCH3 is 1. The van der Waals surface area contributed by atoms with Crippen LogP contribution in [0.3, 0.4) is 0 Å². The van der Waals surface area contributed by atoms with Crippen molar-refractivity contribution in [1.29, 1.82) is 0 Å². The summed E-state index contributed by atoms with van der Waals surface area (Å²) >= 11 is 1.22. The maximum atomic E-state index is 13.5. The monoisotopic (exact) mass is 618 g/mol. The van der Waals surface area contributed by atoms with Crippen LogP contribution in [0.2, 0.25) is 0 Å². The highest BCUT2D eigenvalue weighted by atomic mass is 32.1. The van der Waals surface area contributed by atoms with Crippen LogP contribution in [0.5, 0.6) is 17.2 Å². The van der Waals surface area contributed by atoms with Crippen LogP contribution in [-0.4, -0.2) is 28.9 Å². The van der Waals surface area contributed by atoms with Gasteiger partial charge in [-0.05, 0) is 65.6 Å². The second-order valence-electron chi connectivity index (χ2n) is 10.4. The van der Waals surface area contributed by atoms with Gasteiger partial charge < -0.3 is 19.3 Å². The Kier molecular flexibility index (Phi) is 8.61. The van der Waals surface area contributed by atoms with Gasteiger partial charge in [-0.15, -0.1) is 11.3 Å². The first-order valence-electron chi connectivity index (χ1n) is 14.3. The van der Waals surface area contributed by atoms with Crippen molar-refractivity contribution in [2.24, 2.45) is 0 Å². The number of aryl methyl sites for hydroxylation is 1. The molecule has 0 saturated carbocycles. The van der Waals surface area contributed by atoms with Crippen LogP contribution < -0.4 is 19.1 Å². The molecule has 1 aliphatic rings. The third-order valence-electron chi connectivity index (χ3n) is 7.59. The van der Waals surface area contributed by atoms with E-state index in [4.69, 9.17) is 14.2 Å². The zero-order valence-electron chi connectivity index (χ0n) is 24.7. The molecule has 1 amide bonds. The van der Waals surface area contributed by atoms with Gasteiger partial charge in [0, 0.05) is 17.1 Å². The maximum absolute atomic E-state index is 13.5. The fourth-order valence-electron chi connectivity index (χ4n) is 5.19. The molecule has 0 bridgehead atoms. The number of aliphatic hydroxyl groups is 1. The number of thiazole rings is 1. The highest BCUT2D eigenvalue weighted by Crippen LogP contribution is 2.44. The van der Waals surface area contributed by atoms with E-state index in [-0.39, 0.29) is 11.3 Å². The molecule has 0 radical (unpaired) electrons. The second kappa shape index (κ2) is 13.1. The number of benzene rings is 4. The minimum atomic E-state index is -0.954. The predicted molar refractivity (Wildman–Crippen MR) is 173 cm³/mol. The smallest absolute Gasteiger partial charge is 0.301 e. The molecule has 5 aromatic rings. The molecule has 2 heterocycles. The summed E-state index contributed by atoms with van der Waals surface area (Å²) in [5.74, 6) is -0.369. The van der Waals surface area contributed by atoms with Crippen molar-refractivity contribution in [1.82, 2.24) is 4.98 Å². The summed E-state index contributed by atoms with van der Waals surface area (Å²) in [5.41, 5.74) is 4.06. The van der Waals surface area contributed by atoms with E-state index in [1.54, 1.807) is 54.0 Å². The molecule has 4 aromatic carbocycles. The molecular weight excluding hydrogens is 588 g/mol. The molecule has 1 aromatic heterocycles. The van der Waals surface area contributed by atoms with Crippen LogP contribution in [0.1, 0.15) is 33.9 Å². The van der Waals surface area contributed by atoms with E-state index in [1.807, 2.05) is 61.5 Å². The summed E-state index contributed by atoms with van der Waals surface area (Å²) in [7, 11) is 1.52. The van der Waals surface area contributed by atoms with Crippen molar-refractivity contribution < 1.29 is 28.9 Å². The number of ketones is 1. The average Bonchev–Trinajstić information content (AvgIpc) is 3.70. The van der Waals surface area contributed by atoms with E-state index in [1.165, 1.54) is 23.3 Å². The Bertz CT molecular complexity index is 1850. The number of hydrogen-bond acceptors (Lipinski definition) is 8. The summed E-state index contributed by atoms with van der Waals surface area (Å²) in [6, 6.07) is 28.7. The standard InChI is InChI=1S/C36H30N2O6S/c1-23-8-6-7-11-27(23)22-43-28-15-12-25(13-16-28)33(39)31-32(38(35(41)34(31)40)36-37-18-19-45-36)26-14-17-29(30(20-26)42-2)44-21-24-9-4-3-5-10-24/h3-20,32,39H,21-22H2,1-2H3. The number of carbonyl (C=O) groups excluding carboxylic acids is 2. The Morgan fingerprint density at radius 1 is 0.889 bits per heavy atom. The molecule has 6 rings (SSSR count). The molecule has 226 valence electrons. The summed E-state index contributed by atoms with van der Waals surface area (Å²) in [6.45, 7) is 2.75. The lowest BCUT2D eigenvalue weighted by atomic mass is 9.95. The number of nitrogens with zero attached hydrogens (tertiary/aromatic N) is 2. The third-order valence-corrected chi connectivity index (χ3v) is 8.36. The van der Waals surface area contributed by atoms with E-state index in [0.717, 1.165) is 16.7 Å². The van der Waals surface area contributed by atoms with Gasteiger partial charge in [-0.25, -0.2) is 4.98 Å². The van der Waals surface area contributed by atoms with Crippen molar-refractivity contribution in [2.45, 2.75) is 26.2 Å². The lowest BCUT2D eigenvalue weighted by Gasteiger charge is -2.24. The minimum Gasteiger partial charge on any atom is -0.507 e. The van der Waals surface area contributed by atoms with Gasteiger partial charge in [0.15, 0.2) is 16.6 Å². The van der Waals surface area contributed by atoms with Crippen molar-refractivity contribution in [2.75, 3.05) is 12.0 Å². The van der Waals surface area contributed by atoms with Crippen molar-refractivity contribution in [3.05, 3.63) is 142 Å². The van der Waals surface area contributed by atoms with E-state index in [2.05, 4.69) is 4.98 Å². The van der Waals surface area contributed by atoms with Gasteiger partial charge in [0.05, 0.1) is 18.7 Å². The Hall–Kier alpha value is -5.41. The highest BCUT2D eigenvalue weighted by molar-refractivity contribution is 7.14. The number of ether oxygens (including phenoxy) is 3. The highest BCUT2D eigenvalue weighted by Gasteiger charge is 2.48. The Balaban J connectivity index is 1.33. The molecule has 1 unspecified atom stereocenters. The number of Topliss-reactive ketones (excluding diaryl/α,β-unsaturated/α-hetero) is 1. The number of carbonyl (C=O) groups is 2. The number of rotatable bonds is 10. The molecule has 0 spiro atoms. The van der Waals surface area contributed by atoms with E-state index < -0.39 is 17.7 Å². The molecule has 1 aliphatic heterocycles. The Morgan fingerprint density at radius 2 is 1.64 bits per heavy atom. The molecule has 45 heavy (non-hydrogen) atoms. The zero-order chi connectivity index (χ0) is 31.3. The predicted octanol–water partition coefficient (Wildman–Crippen LogP) is 7.24. The van der Waals surface area contributed by atoms with Crippen LogP contribution in [-0.2, 0) is 22.8 Å². The molecule has 9 heteroatoms. The summed E-state index contributed by atoms with van der Waals surface area (Å²) < 4.78 is 17.6. The first kappa shape index (κ1) is 29.7. The first-order chi connectivity index (χ1) is 21.9. The van der Waals surface area contributed by atoms with Gasteiger partial charge >= 0.3 is 5.91 Å². The van der Waals surface area contributed by atoms with E-state index in [0.29, 0.717) is 46.7 Å². The molecule has 0 aliphatic carbocycles. The van der Waals surface area contributed by atoms with Crippen LogP contribution in [0, 0.1) is 6.92 Å². The van der Waals surface area contributed by atoms with Crippen molar-refractivity contribution in [3.8, 4) is 17.2 Å². The Labute approximate surface area is 264 Å². The Morgan fingerprint density at radius 3 is 2.36 bits per heavy atom. The first-order valence-corrected chi connectivity index (χ1v) is 15.2. The van der Waals surface area contributed by atoms with Gasteiger partial charge in [0.1, 0.15) is 24.7 Å². The third kappa shape index (κ3) is 6.16. The summed E-state index contributed by atoms with van der Waals surface area (Å²) in [4.78, 5) is 32.6. The molecule has 1 saturated heterocycles. The summed E-state index contributed by atoms with van der Waals surface area (Å²) in [5, 5.41) is 13.6. The van der Waals surface area contributed by atoms with Gasteiger partial charge in [-0.1, -0.05) is 60.7 Å². The average molecular weight is 619 g/mol. The van der Waals surface area contributed by atoms with Crippen LogP contribution in [0.25, 0.3) is 5.76 Å². The number of anilines is 1. The topological polar surface area (TPSA) is 98.2 Å². The van der Waals surface area contributed by atoms with Crippen LogP contribution in [0.4, 0.5) is 5.13 Å². The van der Waals surface area contributed by atoms with Crippen LogP contribution in [0.15, 0.2) is 114 Å². The molecule has 1 N–H and O–H groups in total. The fraction of sp³-hybridized carbons (Fsp3) is 0.139. The van der Waals surface area contributed by atoms with E-state index in [9.17, 15) is 14.7 Å². The van der Waals surface area contributed by atoms with E-state index >= 15 is 0 Å². The fourth-order valence-corrected chi connectivity index (χ4v) is 5.85. The van der Waals surface area contributed by atoms with Gasteiger partial charge in [-0.3, -0.25) is 14.5 Å². The van der Waals surface area contributed by atoms with Gasteiger partial charge in [0.2, 0.25) is 0 Å². The van der Waals surface area contributed by atoms with Gasteiger partial charge in [-0.2, -0.15) is 0 Å². The molecule has 8 nitrogen and oxygen atoms in total. The quantitative estimate of drug-likeness (QED) is 0.100. The van der Waals surface area contributed by atoms with Gasteiger partial charge in [0.25, 0.3) is 5.78 Å². The SMILES string of the molecule is COc1cc(C2C(=C(O)c3ccc(OCc4ccccc4C)cc3)C(=O)C(=O)N2c2nccs2)ccc1OCc1ccccc1. The zero-order valence-corrected chi connectivity index (χ0v) is 25.5. The van der Waals surface area contributed by atoms with Crippen molar-refractivity contribution >= 4 is 33.9 Å². The lowest BCUT2D eigenvalue weighted by molar-refractivity contribution is -0.132. The van der Waals surface area contributed by atoms with Crippen molar-refractivity contribution in [3.63, 3.8) is 0 Å². The number of amides is 1. The number of hydrogen-bond donors (Lipinski definition) is 1. The number of aromatic nitrogens is 1. The maximum Gasteiger partial charge on any atom is 0.301 e. The van der Waals surface area contributed by atoms with Crippen LogP contribution >= 0.6 is 11.3 Å². The summed E-state index contributed by atoms with van der Waals surface area (Å²) in [6.07, 6.45) is 1.56. The molecular formula is C36H30N2O6S. The normalized spacial score (nSPS) is 15.7. The second-order valence-corrected chi connectivity index (χ2v) is 11.3. The largest absolute Gasteiger partial charge is 0.507 e. The molecule has 1 fully saturated rings. The number of aliphatic hydroxyl groups excluding tert-OH is 1. The molecule has 1 atom stereocenters. The lowest BCUT2D eigenvalue weighted by Crippen LogP contribution is -2.29.